The highest BCUT2D eigenvalue weighted by Crippen LogP contribution is 2.43. The zero-order valence-corrected chi connectivity index (χ0v) is 18.1. The van der Waals surface area contributed by atoms with E-state index in [1.807, 2.05) is 42.1 Å². The van der Waals surface area contributed by atoms with Gasteiger partial charge in [0, 0.05) is 38.5 Å². The van der Waals surface area contributed by atoms with E-state index in [2.05, 4.69) is 0 Å². The number of imide groups is 1. The van der Waals surface area contributed by atoms with Crippen molar-refractivity contribution in [1.82, 2.24) is 14.7 Å². The highest BCUT2D eigenvalue weighted by molar-refractivity contribution is 6.10. The van der Waals surface area contributed by atoms with Crippen LogP contribution in [0.1, 0.15) is 37.7 Å². The van der Waals surface area contributed by atoms with Crippen molar-refractivity contribution < 1.29 is 19.1 Å². The second kappa shape index (κ2) is 8.02. The summed E-state index contributed by atoms with van der Waals surface area (Å²) in [5, 5.41) is 0. The molecule has 2 heterocycles. The van der Waals surface area contributed by atoms with Gasteiger partial charge in [0.25, 0.3) is 0 Å². The number of hydrogen-bond donors (Lipinski definition) is 0. The summed E-state index contributed by atoms with van der Waals surface area (Å²) in [5.41, 5.74) is -0.470. The minimum Gasteiger partial charge on any atom is -0.497 e. The lowest BCUT2D eigenvalue weighted by Crippen LogP contribution is -2.46. The molecule has 1 saturated carbocycles. The van der Waals surface area contributed by atoms with Crippen LogP contribution >= 0.6 is 0 Å². The van der Waals surface area contributed by atoms with Crippen molar-refractivity contribution >= 4 is 17.7 Å². The maximum Gasteiger partial charge on any atom is 0.240 e. The first-order valence-electron chi connectivity index (χ1n) is 10.8. The van der Waals surface area contributed by atoms with Gasteiger partial charge in [0.05, 0.1) is 12.5 Å². The zero-order chi connectivity index (χ0) is 21.5. The molecule has 0 N–H and O–H groups in total. The van der Waals surface area contributed by atoms with E-state index in [0.29, 0.717) is 36.4 Å². The van der Waals surface area contributed by atoms with E-state index in [1.54, 1.807) is 13.2 Å². The lowest BCUT2D eigenvalue weighted by atomic mass is 9.75. The maximum absolute atomic E-state index is 13.6. The summed E-state index contributed by atoms with van der Waals surface area (Å²) >= 11 is 0. The van der Waals surface area contributed by atoms with Gasteiger partial charge in [-0.15, -0.1) is 0 Å². The van der Waals surface area contributed by atoms with E-state index in [9.17, 15) is 14.4 Å². The minimum atomic E-state index is -1.16. The number of fused-ring (bicyclic) bond motifs is 2. The number of hydrogen-bond acceptors (Lipinski definition) is 5. The topological polar surface area (TPSA) is 70.2 Å². The predicted molar refractivity (Wildman–Crippen MR) is 112 cm³/mol. The number of carbonyl (C=O) groups excluding carboxylic acids is 3. The van der Waals surface area contributed by atoms with Crippen molar-refractivity contribution in [2.75, 3.05) is 40.8 Å². The number of benzene rings is 1. The zero-order valence-electron chi connectivity index (χ0n) is 18.1. The molecular weight excluding hydrogens is 382 g/mol. The normalized spacial score (nSPS) is 28.1. The molecule has 1 aliphatic carbocycles. The fourth-order valence-corrected chi connectivity index (χ4v) is 5.30. The van der Waals surface area contributed by atoms with Crippen LogP contribution in [0.4, 0.5) is 0 Å². The van der Waals surface area contributed by atoms with E-state index in [4.69, 9.17) is 4.74 Å². The Labute approximate surface area is 177 Å². The molecule has 7 heteroatoms. The molecule has 162 valence electrons. The van der Waals surface area contributed by atoms with Crippen LogP contribution in [0.15, 0.2) is 24.3 Å². The first-order chi connectivity index (χ1) is 14.3. The van der Waals surface area contributed by atoms with Crippen molar-refractivity contribution in [3.8, 4) is 5.75 Å². The van der Waals surface area contributed by atoms with Gasteiger partial charge < -0.3 is 14.5 Å². The molecular formula is C23H31N3O4. The fourth-order valence-electron chi connectivity index (χ4n) is 5.30. The predicted octanol–water partition coefficient (Wildman–Crippen LogP) is 1.65. The SMILES string of the molecule is COc1cccc([C@]2(CC(=O)N3C[C@H]4CC[C@@H]3C4)CC(=O)N(CCN(C)C)C2=O)c1. The number of likely N-dealkylation sites (tertiary alicyclic amines) is 2. The number of methoxy groups -OCH3 is 1. The number of ether oxygens (including phenoxy) is 1. The van der Waals surface area contributed by atoms with Crippen molar-refractivity contribution in [2.24, 2.45) is 5.92 Å². The Hall–Kier alpha value is -2.41. The number of carbonyl (C=O) groups is 3. The van der Waals surface area contributed by atoms with Crippen molar-refractivity contribution in [3.63, 3.8) is 0 Å². The molecule has 3 atom stereocenters. The maximum atomic E-state index is 13.6. The Balaban J connectivity index is 1.66. The molecule has 2 saturated heterocycles. The Bertz CT molecular complexity index is 855. The van der Waals surface area contributed by atoms with E-state index in [1.165, 1.54) is 11.3 Å². The molecule has 0 spiro atoms. The van der Waals surface area contributed by atoms with Gasteiger partial charge in [-0.1, -0.05) is 12.1 Å². The van der Waals surface area contributed by atoms with Gasteiger partial charge in [-0.2, -0.15) is 0 Å². The third-order valence-electron chi connectivity index (χ3n) is 6.98. The van der Waals surface area contributed by atoms with Gasteiger partial charge in [-0.25, -0.2) is 0 Å². The Morgan fingerprint density at radius 2 is 2.07 bits per heavy atom. The second-order valence-electron chi connectivity index (χ2n) is 9.20. The van der Waals surface area contributed by atoms with Crippen LogP contribution in [-0.4, -0.2) is 79.3 Å². The summed E-state index contributed by atoms with van der Waals surface area (Å²) in [5.74, 6) is 0.720. The van der Waals surface area contributed by atoms with Crippen LogP contribution in [0.2, 0.25) is 0 Å². The molecule has 7 nitrogen and oxygen atoms in total. The molecule has 3 amide bonds. The van der Waals surface area contributed by atoms with Crippen LogP contribution in [0.3, 0.4) is 0 Å². The summed E-state index contributed by atoms with van der Waals surface area (Å²) in [7, 11) is 5.39. The highest BCUT2D eigenvalue weighted by atomic mass is 16.5. The van der Waals surface area contributed by atoms with Crippen LogP contribution in [-0.2, 0) is 19.8 Å². The summed E-state index contributed by atoms with van der Waals surface area (Å²) < 4.78 is 5.36. The molecule has 0 unspecified atom stereocenters. The van der Waals surface area contributed by atoms with Gasteiger partial charge in [-0.05, 0) is 57.0 Å². The molecule has 1 aromatic carbocycles. The summed E-state index contributed by atoms with van der Waals surface area (Å²) in [6.45, 7) is 1.71. The monoisotopic (exact) mass is 413 g/mol. The fraction of sp³-hybridized carbons (Fsp3) is 0.609. The van der Waals surface area contributed by atoms with Crippen LogP contribution in [0.25, 0.3) is 0 Å². The lowest BCUT2D eigenvalue weighted by Gasteiger charge is -2.33. The van der Waals surface area contributed by atoms with E-state index in [-0.39, 0.29) is 30.6 Å². The van der Waals surface area contributed by atoms with Crippen LogP contribution in [0, 0.1) is 5.92 Å². The first kappa shape index (κ1) is 20.8. The number of piperidine rings is 1. The van der Waals surface area contributed by atoms with Crippen molar-refractivity contribution in [1.29, 1.82) is 0 Å². The van der Waals surface area contributed by atoms with Gasteiger partial charge in [0.1, 0.15) is 5.75 Å². The Morgan fingerprint density at radius 1 is 1.27 bits per heavy atom. The van der Waals surface area contributed by atoms with Gasteiger partial charge in [-0.3, -0.25) is 19.3 Å². The van der Waals surface area contributed by atoms with E-state index in [0.717, 1.165) is 19.4 Å². The molecule has 2 bridgehead atoms. The third kappa shape index (κ3) is 3.60. The smallest absolute Gasteiger partial charge is 0.240 e. The number of amides is 3. The number of nitrogens with zero attached hydrogens (tertiary/aromatic N) is 3. The molecule has 0 aromatic heterocycles. The quantitative estimate of drug-likeness (QED) is 0.636. The lowest BCUT2D eigenvalue weighted by molar-refractivity contribution is -0.143. The summed E-state index contributed by atoms with van der Waals surface area (Å²) in [6.07, 6.45) is 3.36. The standard InChI is InChI=1S/C23H31N3O4/c1-24(2)9-10-25-20(27)13-23(22(25)29,17-5-4-6-19(12-17)30-3)14-21(28)26-15-16-7-8-18(26)11-16/h4-6,12,16,18H,7-11,13-15H2,1-3H3/t16-,18+,23+/m0/s1. The van der Waals surface area contributed by atoms with Crippen molar-refractivity contribution in [3.05, 3.63) is 29.8 Å². The number of rotatable bonds is 7. The Morgan fingerprint density at radius 3 is 2.70 bits per heavy atom. The molecule has 4 rings (SSSR count). The summed E-state index contributed by atoms with van der Waals surface area (Å²) in [4.78, 5) is 45.1. The molecule has 30 heavy (non-hydrogen) atoms. The average Bonchev–Trinajstić information content (AvgIpc) is 3.41. The highest BCUT2D eigenvalue weighted by Gasteiger charge is 2.55. The molecule has 3 fully saturated rings. The largest absolute Gasteiger partial charge is 0.497 e. The van der Waals surface area contributed by atoms with E-state index < -0.39 is 5.41 Å². The van der Waals surface area contributed by atoms with Crippen LogP contribution < -0.4 is 4.74 Å². The number of likely N-dealkylation sites (N-methyl/N-ethyl adjacent to an activating group) is 1. The van der Waals surface area contributed by atoms with Gasteiger partial charge >= 0.3 is 0 Å². The summed E-state index contributed by atoms with van der Waals surface area (Å²) in [6, 6.07) is 7.56. The van der Waals surface area contributed by atoms with Gasteiger partial charge in [0.15, 0.2) is 0 Å². The molecule has 1 aromatic rings. The van der Waals surface area contributed by atoms with E-state index >= 15 is 0 Å². The minimum absolute atomic E-state index is 0.0133. The second-order valence-corrected chi connectivity index (χ2v) is 9.20. The molecule has 0 radical (unpaired) electrons. The van der Waals surface area contributed by atoms with Crippen LogP contribution in [0.5, 0.6) is 5.75 Å². The van der Waals surface area contributed by atoms with Crippen molar-refractivity contribution in [2.45, 2.75) is 43.6 Å². The molecule has 3 aliphatic rings. The molecule has 2 aliphatic heterocycles. The Kier molecular flexibility index (Phi) is 5.57. The van der Waals surface area contributed by atoms with Gasteiger partial charge in [0.2, 0.25) is 17.7 Å². The first-order valence-corrected chi connectivity index (χ1v) is 10.8. The third-order valence-corrected chi connectivity index (χ3v) is 6.98. The average molecular weight is 414 g/mol.